The highest BCUT2D eigenvalue weighted by molar-refractivity contribution is 7.16. The molecule has 58 valence electrons. The van der Waals surface area contributed by atoms with Gasteiger partial charge in [0.05, 0.1) is 10.2 Å². The van der Waals surface area contributed by atoms with Crippen molar-refractivity contribution in [3.05, 3.63) is 27.9 Å². The summed E-state index contributed by atoms with van der Waals surface area (Å²) in [5.41, 5.74) is 1.60. The van der Waals surface area contributed by atoms with E-state index in [-0.39, 0.29) is 4.87 Å². The summed E-state index contributed by atoms with van der Waals surface area (Å²) < 4.78 is 2.59. The largest absolute Gasteiger partial charge is 0.307 e. The van der Waals surface area contributed by atoms with E-state index in [0.717, 1.165) is 10.2 Å². The lowest BCUT2D eigenvalue weighted by Crippen LogP contribution is -2.08. The Labute approximate surface area is 74.9 Å². The van der Waals surface area contributed by atoms with Crippen LogP contribution in [0.25, 0.3) is 10.2 Å². The van der Waals surface area contributed by atoms with Crippen molar-refractivity contribution in [2.45, 2.75) is 0 Å². The van der Waals surface area contributed by atoms with Crippen LogP contribution in [0.15, 0.2) is 23.0 Å². The van der Waals surface area contributed by atoms with Gasteiger partial charge in [0.1, 0.15) is 7.85 Å². The number of hydrogen-bond acceptors (Lipinski definition) is 2. The van der Waals surface area contributed by atoms with Gasteiger partial charge >= 0.3 is 4.87 Å². The van der Waals surface area contributed by atoms with Gasteiger partial charge in [0.2, 0.25) is 0 Å². The maximum Gasteiger partial charge on any atom is 0.307 e. The summed E-state index contributed by atoms with van der Waals surface area (Å²) in [6.45, 7) is 0. The SMILES string of the molecule is [B]c1ccc2sc(=O)n(C)c2c1. The first-order valence-electron chi connectivity index (χ1n) is 3.53. The summed E-state index contributed by atoms with van der Waals surface area (Å²) in [6, 6.07) is 5.49. The first kappa shape index (κ1) is 7.62. The zero-order chi connectivity index (χ0) is 8.72. The highest BCUT2D eigenvalue weighted by Crippen LogP contribution is 2.13. The molecule has 0 N–H and O–H groups in total. The molecule has 0 saturated carbocycles. The van der Waals surface area contributed by atoms with E-state index in [2.05, 4.69) is 0 Å². The molecule has 0 fully saturated rings. The summed E-state index contributed by atoms with van der Waals surface area (Å²) in [4.78, 5) is 11.2. The molecule has 0 aliphatic rings. The van der Waals surface area contributed by atoms with Crippen molar-refractivity contribution in [1.29, 1.82) is 0 Å². The molecule has 0 saturated heterocycles. The van der Waals surface area contributed by atoms with Crippen LogP contribution in [0.3, 0.4) is 0 Å². The van der Waals surface area contributed by atoms with Gasteiger partial charge in [0, 0.05) is 7.05 Å². The van der Waals surface area contributed by atoms with Crippen molar-refractivity contribution < 1.29 is 0 Å². The molecule has 0 aliphatic carbocycles. The fourth-order valence-electron chi connectivity index (χ4n) is 1.14. The van der Waals surface area contributed by atoms with Gasteiger partial charge in [0.15, 0.2) is 0 Å². The molecule has 0 bridgehead atoms. The summed E-state index contributed by atoms with van der Waals surface area (Å²) in [5.74, 6) is 0. The number of aryl methyl sites for hydroxylation is 1. The van der Waals surface area contributed by atoms with E-state index >= 15 is 0 Å². The zero-order valence-electron chi connectivity index (χ0n) is 6.57. The van der Waals surface area contributed by atoms with E-state index < -0.39 is 0 Å². The van der Waals surface area contributed by atoms with Gasteiger partial charge in [-0.2, -0.15) is 0 Å². The minimum absolute atomic E-state index is 0.0515. The van der Waals surface area contributed by atoms with Gasteiger partial charge in [-0.3, -0.25) is 4.79 Å². The van der Waals surface area contributed by atoms with Gasteiger partial charge in [-0.05, 0) is 12.1 Å². The molecule has 2 nitrogen and oxygen atoms in total. The molecule has 0 spiro atoms. The Morgan fingerprint density at radius 1 is 1.50 bits per heavy atom. The second-order valence-electron chi connectivity index (χ2n) is 2.65. The maximum atomic E-state index is 11.2. The van der Waals surface area contributed by atoms with Crippen LogP contribution in [-0.2, 0) is 7.05 Å². The lowest BCUT2D eigenvalue weighted by molar-refractivity contribution is 0.939. The molecular weight excluding hydrogens is 169 g/mol. The second kappa shape index (κ2) is 2.49. The number of benzene rings is 1. The molecule has 1 heterocycles. The third kappa shape index (κ3) is 0.993. The Morgan fingerprint density at radius 3 is 3.00 bits per heavy atom. The van der Waals surface area contributed by atoms with Crippen molar-refractivity contribution in [1.82, 2.24) is 4.57 Å². The number of nitrogens with zero attached hydrogens (tertiary/aromatic N) is 1. The molecule has 2 radical (unpaired) electrons. The Hall–Kier alpha value is -1.03. The third-order valence-corrected chi connectivity index (χ3v) is 2.83. The minimum Gasteiger partial charge on any atom is -0.302 e. The molecule has 2 rings (SSSR count). The van der Waals surface area contributed by atoms with Gasteiger partial charge in [0.25, 0.3) is 0 Å². The molecule has 4 heteroatoms. The van der Waals surface area contributed by atoms with Crippen molar-refractivity contribution in [2.75, 3.05) is 0 Å². The van der Waals surface area contributed by atoms with Gasteiger partial charge in [-0.1, -0.05) is 22.9 Å². The molecule has 0 unspecified atom stereocenters. The molecule has 0 atom stereocenters. The van der Waals surface area contributed by atoms with Crippen LogP contribution in [-0.4, -0.2) is 12.4 Å². The molecule has 1 aromatic heterocycles. The molecule has 0 amide bonds. The van der Waals surface area contributed by atoms with Crippen molar-refractivity contribution in [3.63, 3.8) is 0 Å². The average molecular weight is 175 g/mol. The van der Waals surface area contributed by atoms with Crippen molar-refractivity contribution in [2.24, 2.45) is 7.05 Å². The monoisotopic (exact) mass is 175 g/mol. The van der Waals surface area contributed by atoms with Crippen LogP contribution in [0, 0.1) is 0 Å². The van der Waals surface area contributed by atoms with Crippen LogP contribution in [0.1, 0.15) is 0 Å². The minimum atomic E-state index is 0.0515. The van der Waals surface area contributed by atoms with Crippen LogP contribution in [0.5, 0.6) is 0 Å². The second-order valence-corrected chi connectivity index (χ2v) is 3.65. The van der Waals surface area contributed by atoms with Gasteiger partial charge < -0.3 is 4.57 Å². The third-order valence-electron chi connectivity index (χ3n) is 1.82. The normalized spacial score (nSPS) is 10.8. The highest BCUT2D eigenvalue weighted by atomic mass is 32.1. The van der Waals surface area contributed by atoms with Crippen LogP contribution in [0.4, 0.5) is 0 Å². The van der Waals surface area contributed by atoms with Crippen LogP contribution < -0.4 is 10.3 Å². The Bertz CT molecular complexity index is 485. The maximum absolute atomic E-state index is 11.2. The summed E-state index contributed by atoms with van der Waals surface area (Å²) in [5, 5.41) is 0. The average Bonchev–Trinajstić information content (AvgIpc) is 2.31. The van der Waals surface area contributed by atoms with E-state index in [1.807, 2.05) is 12.1 Å². The number of hydrogen-bond donors (Lipinski definition) is 0. The summed E-state index contributed by atoms with van der Waals surface area (Å²) in [6.07, 6.45) is 0. The molecule has 0 aliphatic heterocycles. The number of thiazole rings is 1. The van der Waals surface area contributed by atoms with E-state index in [9.17, 15) is 4.79 Å². The predicted octanol–water partition coefficient (Wildman–Crippen LogP) is 0.394. The Kier molecular flexibility index (Phi) is 1.58. The summed E-state index contributed by atoms with van der Waals surface area (Å²) in [7, 11) is 7.34. The standard InChI is InChI=1S/C8H6BNOS/c1-10-6-4-5(9)2-3-7(6)12-8(10)11/h2-4H,1H3. The first-order chi connectivity index (χ1) is 5.68. The van der Waals surface area contributed by atoms with Crippen molar-refractivity contribution >= 4 is 34.9 Å². The van der Waals surface area contributed by atoms with E-state index in [0.29, 0.717) is 5.46 Å². The van der Waals surface area contributed by atoms with Crippen LogP contribution in [0.2, 0.25) is 0 Å². The number of rotatable bonds is 0. The Balaban J connectivity index is 2.98. The first-order valence-corrected chi connectivity index (χ1v) is 4.35. The quantitative estimate of drug-likeness (QED) is 0.531. The topological polar surface area (TPSA) is 22.0 Å². The van der Waals surface area contributed by atoms with Gasteiger partial charge in [-0.15, -0.1) is 0 Å². The highest BCUT2D eigenvalue weighted by Gasteiger charge is 2.01. The molecular formula is C8H6BNOS. The fraction of sp³-hybridized carbons (Fsp3) is 0.125. The molecule has 12 heavy (non-hydrogen) atoms. The summed E-state index contributed by atoms with van der Waals surface area (Å²) >= 11 is 1.24. The van der Waals surface area contributed by atoms with Crippen molar-refractivity contribution in [3.8, 4) is 0 Å². The predicted molar refractivity (Wildman–Crippen MR) is 52.5 cm³/mol. The van der Waals surface area contributed by atoms with Gasteiger partial charge in [-0.25, -0.2) is 0 Å². The fourth-order valence-corrected chi connectivity index (χ4v) is 2.00. The number of fused-ring (bicyclic) bond motifs is 1. The lowest BCUT2D eigenvalue weighted by atomic mass is 9.96. The Morgan fingerprint density at radius 2 is 2.25 bits per heavy atom. The van der Waals surface area contributed by atoms with Crippen LogP contribution >= 0.6 is 11.3 Å². The van der Waals surface area contributed by atoms with E-state index in [4.69, 9.17) is 7.85 Å². The lowest BCUT2D eigenvalue weighted by Gasteiger charge is -1.94. The molecule has 2 aromatic rings. The smallest absolute Gasteiger partial charge is 0.302 e. The zero-order valence-corrected chi connectivity index (χ0v) is 7.39. The van der Waals surface area contributed by atoms with E-state index in [1.165, 1.54) is 11.3 Å². The number of aromatic nitrogens is 1. The van der Waals surface area contributed by atoms with E-state index in [1.54, 1.807) is 17.7 Å². The molecule has 1 aromatic carbocycles.